The first-order valence-electron chi connectivity index (χ1n) is 8.26. The molecule has 24 heavy (non-hydrogen) atoms. The number of hydrogen-bond donors (Lipinski definition) is 2. The molecule has 0 aliphatic rings. The number of hydrogen-bond acceptors (Lipinski definition) is 4. The van der Waals surface area contributed by atoms with Crippen molar-refractivity contribution in [2.45, 2.75) is 38.8 Å². The molecule has 2 aromatic rings. The highest BCUT2D eigenvalue weighted by Crippen LogP contribution is 2.11. The van der Waals surface area contributed by atoms with Crippen molar-refractivity contribution in [3.63, 3.8) is 0 Å². The molecule has 0 fully saturated rings. The van der Waals surface area contributed by atoms with Crippen molar-refractivity contribution in [2.24, 2.45) is 0 Å². The third kappa shape index (κ3) is 5.96. The first kappa shape index (κ1) is 17.9. The third-order valence-corrected chi connectivity index (χ3v) is 3.81. The van der Waals surface area contributed by atoms with Gasteiger partial charge < -0.3 is 5.32 Å². The molecule has 2 rings (SSSR count). The molecule has 0 unspecified atom stereocenters. The molecular formula is C18H24N4O2. The first-order valence-corrected chi connectivity index (χ1v) is 8.26. The van der Waals surface area contributed by atoms with Gasteiger partial charge in [-0.15, -0.1) is 0 Å². The van der Waals surface area contributed by atoms with Crippen LogP contribution in [0.2, 0.25) is 0 Å². The average molecular weight is 328 g/mol. The van der Waals surface area contributed by atoms with Crippen LogP contribution in [0.25, 0.3) is 0 Å². The van der Waals surface area contributed by atoms with Gasteiger partial charge in [0.15, 0.2) is 0 Å². The van der Waals surface area contributed by atoms with Crippen molar-refractivity contribution in [2.75, 3.05) is 6.54 Å². The molecular weight excluding hydrogens is 304 g/mol. The second-order valence-electron chi connectivity index (χ2n) is 5.69. The molecule has 1 atom stereocenters. The summed E-state index contributed by atoms with van der Waals surface area (Å²) in [5.74, 6) is 0. The number of aromatic nitrogens is 3. The van der Waals surface area contributed by atoms with E-state index < -0.39 is 11.4 Å². The van der Waals surface area contributed by atoms with Gasteiger partial charge in [0, 0.05) is 12.6 Å². The van der Waals surface area contributed by atoms with Crippen molar-refractivity contribution in [1.29, 1.82) is 0 Å². The maximum atomic E-state index is 11.5. The summed E-state index contributed by atoms with van der Waals surface area (Å²) in [4.78, 5) is 28.0. The molecule has 0 aliphatic carbocycles. The predicted molar refractivity (Wildman–Crippen MR) is 95.0 cm³/mol. The molecule has 1 aromatic carbocycles. The van der Waals surface area contributed by atoms with E-state index in [2.05, 4.69) is 52.5 Å². The van der Waals surface area contributed by atoms with Crippen LogP contribution in [0.4, 0.5) is 0 Å². The van der Waals surface area contributed by atoms with E-state index in [9.17, 15) is 9.59 Å². The monoisotopic (exact) mass is 328 g/mol. The highest BCUT2D eigenvalue weighted by atomic mass is 16.2. The Kier molecular flexibility index (Phi) is 7.17. The van der Waals surface area contributed by atoms with Crippen LogP contribution < -0.4 is 16.7 Å². The summed E-state index contributed by atoms with van der Waals surface area (Å²) < 4.78 is 1.36. The summed E-state index contributed by atoms with van der Waals surface area (Å²) in [6.07, 6.45) is 8.39. The number of nitrogens with one attached hydrogen (secondary N) is 2. The molecule has 0 spiro atoms. The van der Waals surface area contributed by atoms with Gasteiger partial charge in [0.25, 0.3) is 0 Å². The first-order chi connectivity index (χ1) is 11.7. The topological polar surface area (TPSA) is 79.8 Å². The van der Waals surface area contributed by atoms with Gasteiger partial charge in [-0.25, -0.2) is 9.59 Å². The fourth-order valence-corrected chi connectivity index (χ4v) is 2.37. The predicted octanol–water partition coefficient (Wildman–Crippen LogP) is 2.01. The van der Waals surface area contributed by atoms with E-state index >= 15 is 0 Å². The fraction of sp³-hybridized carbons (Fsp3) is 0.389. The zero-order valence-corrected chi connectivity index (χ0v) is 13.9. The standard InChI is InChI=1S/C18H24N4O2/c1-15(16-10-6-5-7-11-16)19-12-8-3-2-4-9-13-22-14-20-17(23)21-18(22)24/h4-7,9-11,14-15,19H,2-3,8,12-13H2,1H3,(H,21,23,24)/b9-4-/t15-/m1/s1. The lowest BCUT2D eigenvalue weighted by molar-refractivity contribution is 0.548. The van der Waals surface area contributed by atoms with Crippen LogP contribution in [0, 0.1) is 0 Å². The largest absolute Gasteiger partial charge is 0.350 e. The van der Waals surface area contributed by atoms with Gasteiger partial charge >= 0.3 is 11.4 Å². The summed E-state index contributed by atoms with van der Waals surface area (Å²) in [6, 6.07) is 10.8. The van der Waals surface area contributed by atoms with E-state index in [0.717, 1.165) is 25.8 Å². The Bertz CT molecular complexity index is 749. The quantitative estimate of drug-likeness (QED) is 0.545. The molecule has 0 radical (unpaired) electrons. The highest BCUT2D eigenvalue weighted by Gasteiger charge is 2.02. The summed E-state index contributed by atoms with van der Waals surface area (Å²) in [5.41, 5.74) is 0.258. The van der Waals surface area contributed by atoms with Gasteiger partial charge in [-0.3, -0.25) is 9.55 Å². The Balaban J connectivity index is 1.59. The minimum absolute atomic E-state index is 0.362. The van der Waals surface area contributed by atoms with E-state index in [-0.39, 0.29) is 0 Å². The Labute approximate surface area is 141 Å². The third-order valence-electron chi connectivity index (χ3n) is 3.81. The van der Waals surface area contributed by atoms with Crippen LogP contribution in [0.3, 0.4) is 0 Å². The second-order valence-corrected chi connectivity index (χ2v) is 5.69. The van der Waals surface area contributed by atoms with Crippen LogP contribution in [-0.2, 0) is 6.54 Å². The summed E-state index contributed by atoms with van der Waals surface area (Å²) in [6.45, 7) is 3.57. The molecule has 0 bridgehead atoms. The van der Waals surface area contributed by atoms with Gasteiger partial charge in [-0.05, 0) is 38.3 Å². The van der Waals surface area contributed by atoms with Crippen LogP contribution in [0.5, 0.6) is 0 Å². The van der Waals surface area contributed by atoms with E-state index in [0.29, 0.717) is 12.6 Å². The lowest BCUT2D eigenvalue weighted by Gasteiger charge is -2.13. The SMILES string of the molecule is C[C@@H](NCCCC/C=C\Cn1cnc(=O)[nH]c1=O)c1ccccc1. The van der Waals surface area contributed by atoms with Crippen molar-refractivity contribution in [1.82, 2.24) is 19.9 Å². The molecule has 128 valence electrons. The molecule has 0 aliphatic heterocycles. The van der Waals surface area contributed by atoms with E-state index in [1.807, 2.05) is 12.1 Å². The van der Waals surface area contributed by atoms with Gasteiger partial charge in [0.2, 0.25) is 0 Å². The number of H-pyrrole nitrogens is 1. The Morgan fingerprint density at radius 2 is 2.00 bits per heavy atom. The molecule has 1 aromatic heterocycles. The van der Waals surface area contributed by atoms with Crippen molar-refractivity contribution in [3.05, 3.63) is 75.3 Å². The average Bonchev–Trinajstić information content (AvgIpc) is 2.59. The summed E-state index contributed by atoms with van der Waals surface area (Å²) >= 11 is 0. The number of allylic oxidation sites excluding steroid dienone is 2. The van der Waals surface area contributed by atoms with Crippen molar-refractivity contribution >= 4 is 0 Å². The number of aromatic amines is 1. The van der Waals surface area contributed by atoms with Gasteiger partial charge in [0.05, 0.1) is 0 Å². The van der Waals surface area contributed by atoms with E-state index in [4.69, 9.17) is 0 Å². The van der Waals surface area contributed by atoms with Crippen LogP contribution >= 0.6 is 0 Å². The van der Waals surface area contributed by atoms with Gasteiger partial charge in [-0.1, -0.05) is 42.5 Å². The molecule has 6 heteroatoms. The maximum Gasteiger partial charge on any atom is 0.350 e. The summed E-state index contributed by atoms with van der Waals surface area (Å²) in [7, 11) is 0. The lowest BCUT2D eigenvalue weighted by Crippen LogP contribution is -2.30. The minimum Gasteiger partial charge on any atom is -0.310 e. The van der Waals surface area contributed by atoms with E-state index in [1.165, 1.54) is 16.5 Å². The van der Waals surface area contributed by atoms with Crippen LogP contribution in [0.15, 0.2) is 58.4 Å². The number of nitrogens with zero attached hydrogens (tertiary/aromatic N) is 2. The van der Waals surface area contributed by atoms with Gasteiger partial charge in [-0.2, -0.15) is 4.98 Å². The Morgan fingerprint density at radius 3 is 2.75 bits per heavy atom. The number of rotatable bonds is 9. The smallest absolute Gasteiger partial charge is 0.310 e. The van der Waals surface area contributed by atoms with Crippen molar-refractivity contribution in [3.8, 4) is 0 Å². The lowest BCUT2D eigenvalue weighted by atomic mass is 10.1. The Morgan fingerprint density at radius 1 is 1.21 bits per heavy atom. The summed E-state index contributed by atoms with van der Waals surface area (Å²) in [5, 5.41) is 3.52. The zero-order chi connectivity index (χ0) is 17.2. The zero-order valence-electron chi connectivity index (χ0n) is 13.9. The van der Waals surface area contributed by atoms with E-state index in [1.54, 1.807) is 0 Å². The Hall–Kier alpha value is -2.47. The van der Waals surface area contributed by atoms with Crippen LogP contribution in [-0.4, -0.2) is 21.1 Å². The number of benzene rings is 1. The van der Waals surface area contributed by atoms with Gasteiger partial charge in [0.1, 0.15) is 6.33 Å². The molecule has 6 nitrogen and oxygen atoms in total. The minimum atomic E-state index is -0.613. The number of unbranched alkanes of at least 4 members (excludes halogenated alkanes) is 2. The molecule has 2 N–H and O–H groups in total. The molecule has 0 saturated heterocycles. The maximum absolute atomic E-state index is 11.5. The van der Waals surface area contributed by atoms with Crippen LogP contribution in [0.1, 0.15) is 37.8 Å². The van der Waals surface area contributed by atoms with Crippen molar-refractivity contribution < 1.29 is 0 Å². The second kappa shape index (κ2) is 9.62. The fourth-order valence-electron chi connectivity index (χ4n) is 2.37. The molecule has 0 amide bonds. The normalized spacial score (nSPS) is 12.5. The molecule has 0 saturated carbocycles. The highest BCUT2D eigenvalue weighted by molar-refractivity contribution is 5.17. The molecule has 1 heterocycles.